The first-order valence-corrected chi connectivity index (χ1v) is 20.6. The van der Waals surface area contributed by atoms with Gasteiger partial charge in [-0.25, -0.2) is 0 Å². The summed E-state index contributed by atoms with van der Waals surface area (Å²) in [6.07, 6.45) is 9.39. The Bertz CT molecular complexity index is 2860. The van der Waals surface area contributed by atoms with Crippen molar-refractivity contribution in [1.82, 2.24) is 18.3 Å². The van der Waals surface area contributed by atoms with Crippen molar-refractivity contribution >= 4 is 21.5 Å². The minimum atomic E-state index is 0.162. The molecule has 6 aromatic carbocycles. The average molecular weight is 745 g/mol. The lowest BCUT2D eigenvalue weighted by molar-refractivity contribution is 0.0688. The normalized spacial score (nSPS) is 21.4. The molecule has 0 radical (unpaired) electrons. The summed E-state index contributed by atoms with van der Waals surface area (Å²) >= 11 is 0. The monoisotopic (exact) mass is 744 g/mol. The van der Waals surface area contributed by atoms with Gasteiger partial charge in [0.2, 0.25) is 0 Å². The lowest BCUT2D eigenvalue weighted by Gasteiger charge is -2.57. The summed E-state index contributed by atoms with van der Waals surface area (Å²) in [4.78, 5) is 0. The molecule has 1 saturated carbocycles. The molecule has 0 bridgehead atoms. The first-order chi connectivity index (χ1) is 28.8. The van der Waals surface area contributed by atoms with Crippen LogP contribution in [0.25, 0.3) is 66.6 Å². The average Bonchev–Trinajstić information content (AvgIpc) is 4.13. The van der Waals surface area contributed by atoms with Gasteiger partial charge in [0.05, 0.1) is 46.9 Å². The molecule has 4 unspecified atom stereocenters. The Labute approximate surface area is 337 Å². The Morgan fingerprint density at radius 3 is 0.914 bits per heavy atom. The van der Waals surface area contributed by atoms with E-state index >= 15 is 0 Å². The SMILES string of the molecule is c1ccc2cc(-c3ccc(C4C5C(C(c6ccc(-c7ccc8ccccc8c7)cc6)C6C4n4cccc4-c4cccn46)n4cccc4-c4cccn45)cc3)ccc2c1. The van der Waals surface area contributed by atoms with E-state index in [0.717, 1.165) is 0 Å². The van der Waals surface area contributed by atoms with Crippen LogP contribution in [0.2, 0.25) is 0 Å². The van der Waals surface area contributed by atoms with Crippen LogP contribution in [0.15, 0.2) is 207 Å². The van der Waals surface area contributed by atoms with Crippen molar-refractivity contribution in [3.63, 3.8) is 0 Å². The fourth-order valence-corrected chi connectivity index (χ4v) is 11.4. The lowest BCUT2D eigenvalue weighted by atomic mass is 9.62. The van der Waals surface area contributed by atoms with Gasteiger partial charge in [-0.05, 0) is 116 Å². The second kappa shape index (κ2) is 12.2. The molecule has 1 aliphatic carbocycles. The Balaban J connectivity index is 1.00. The van der Waals surface area contributed by atoms with E-state index in [1.54, 1.807) is 0 Å². The van der Waals surface area contributed by atoms with Gasteiger partial charge in [0.25, 0.3) is 0 Å². The number of rotatable bonds is 4. The minimum absolute atomic E-state index is 0.162. The molecule has 0 amide bonds. The molecule has 1 fully saturated rings. The third-order valence-corrected chi connectivity index (χ3v) is 13.9. The molecular formula is C54H40N4. The number of nitrogens with zero attached hydrogens (tertiary/aromatic N) is 4. The summed E-state index contributed by atoms with van der Waals surface area (Å²) < 4.78 is 10.5. The maximum absolute atomic E-state index is 2.63. The molecule has 10 aromatic rings. The second-order valence-corrected chi connectivity index (χ2v) is 16.6. The van der Waals surface area contributed by atoms with E-state index in [-0.39, 0.29) is 36.0 Å². The molecule has 0 saturated heterocycles. The molecular weight excluding hydrogens is 705 g/mol. The molecule has 276 valence electrons. The number of hydrogen-bond acceptors (Lipinski definition) is 0. The fraction of sp³-hybridized carbons (Fsp3) is 0.111. The zero-order valence-corrected chi connectivity index (χ0v) is 31.9. The van der Waals surface area contributed by atoms with Gasteiger partial charge in [-0.3, -0.25) is 0 Å². The molecule has 4 heteroatoms. The Morgan fingerprint density at radius 2 is 0.569 bits per heavy atom. The third kappa shape index (κ3) is 4.57. The zero-order chi connectivity index (χ0) is 37.9. The van der Waals surface area contributed by atoms with Crippen molar-refractivity contribution in [2.45, 2.75) is 36.0 Å². The van der Waals surface area contributed by atoms with Gasteiger partial charge >= 0.3 is 0 Å². The van der Waals surface area contributed by atoms with E-state index in [4.69, 9.17) is 0 Å². The molecule has 2 aliphatic heterocycles. The molecule has 6 heterocycles. The van der Waals surface area contributed by atoms with Gasteiger partial charge in [0, 0.05) is 36.6 Å². The van der Waals surface area contributed by atoms with Crippen molar-refractivity contribution < 1.29 is 0 Å². The molecule has 4 nitrogen and oxygen atoms in total. The van der Waals surface area contributed by atoms with Crippen molar-refractivity contribution in [1.29, 1.82) is 0 Å². The number of benzene rings is 6. The summed E-state index contributed by atoms with van der Waals surface area (Å²) in [6, 6.07) is 69.1. The van der Waals surface area contributed by atoms with E-state index < -0.39 is 0 Å². The van der Waals surface area contributed by atoms with Gasteiger partial charge < -0.3 is 18.3 Å². The Kier molecular flexibility index (Phi) is 6.77. The third-order valence-electron chi connectivity index (χ3n) is 13.9. The predicted molar refractivity (Wildman–Crippen MR) is 236 cm³/mol. The highest BCUT2D eigenvalue weighted by Crippen LogP contribution is 2.66. The summed E-state index contributed by atoms with van der Waals surface area (Å²) in [5, 5.41) is 5.09. The van der Waals surface area contributed by atoms with Crippen LogP contribution in [0.3, 0.4) is 0 Å². The highest BCUT2D eigenvalue weighted by molar-refractivity contribution is 5.88. The summed E-state index contributed by atoms with van der Waals surface area (Å²) in [7, 11) is 0. The molecule has 4 aromatic heterocycles. The van der Waals surface area contributed by atoms with Gasteiger partial charge in [0.15, 0.2) is 0 Å². The van der Waals surface area contributed by atoms with Crippen LogP contribution in [0.4, 0.5) is 0 Å². The lowest BCUT2D eigenvalue weighted by Crippen LogP contribution is -2.50. The van der Waals surface area contributed by atoms with Crippen LogP contribution >= 0.6 is 0 Å². The van der Waals surface area contributed by atoms with E-state index in [0.29, 0.717) is 0 Å². The quantitative estimate of drug-likeness (QED) is 0.171. The van der Waals surface area contributed by atoms with Crippen LogP contribution in [0, 0.1) is 0 Å². The number of hydrogen-bond donors (Lipinski definition) is 0. The smallest absolute Gasteiger partial charge is 0.0651 e. The van der Waals surface area contributed by atoms with E-state index in [1.807, 2.05) is 0 Å². The van der Waals surface area contributed by atoms with Crippen LogP contribution in [-0.4, -0.2) is 18.3 Å². The maximum Gasteiger partial charge on any atom is 0.0651 e. The first kappa shape index (κ1) is 32.1. The van der Waals surface area contributed by atoms with Crippen LogP contribution in [0.5, 0.6) is 0 Å². The topological polar surface area (TPSA) is 19.7 Å². The summed E-state index contributed by atoms with van der Waals surface area (Å²) in [6.45, 7) is 0. The summed E-state index contributed by atoms with van der Waals surface area (Å²) in [5.74, 6) is 0.356. The van der Waals surface area contributed by atoms with Gasteiger partial charge in [-0.15, -0.1) is 0 Å². The molecule has 0 spiro atoms. The predicted octanol–water partition coefficient (Wildman–Crippen LogP) is 13.3. The molecule has 4 atom stereocenters. The maximum atomic E-state index is 2.63. The standard InChI is InChI=1S/C54H40N4/c1-3-11-41-33-43(27-21-35(41)9-1)37-17-23-39(24-18-37)49-51-53(57-31-7-15-47(57)45-13-5-29-55(45)51)50(54-52(49)56-30-6-14-46(56)48-16-8-32-58(48)54)40-25-19-38(20-26-40)44-28-22-36-10-2-4-12-42(36)34-44/h1-34,49-54H. The van der Waals surface area contributed by atoms with Crippen LogP contribution in [0.1, 0.15) is 47.1 Å². The number of fused-ring (bicyclic) bond motifs is 14. The Hall–Kier alpha value is -7.04. The van der Waals surface area contributed by atoms with E-state index in [2.05, 4.69) is 225 Å². The van der Waals surface area contributed by atoms with Crippen LogP contribution < -0.4 is 0 Å². The van der Waals surface area contributed by atoms with Gasteiger partial charge in [-0.2, -0.15) is 0 Å². The van der Waals surface area contributed by atoms with Crippen molar-refractivity contribution in [3.05, 3.63) is 218 Å². The highest BCUT2D eigenvalue weighted by Gasteiger charge is 2.57. The van der Waals surface area contributed by atoms with Gasteiger partial charge in [0.1, 0.15) is 0 Å². The molecule has 3 aliphatic rings. The molecule has 0 N–H and O–H groups in total. The second-order valence-electron chi connectivity index (χ2n) is 16.6. The largest absolute Gasteiger partial charge is 0.340 e. The van der Waals surface area contributed by atoms with Crippen LogP contribution in [-0.2, 0) is 0 Å². The van der Waals surface area contributed by atoms with Gasteiger partial charge in [-0.1, -0.05) is 121 Å². The van der Waals surface area contributed by atoms with Crippen molar-refractivity contribution in [3.8, 4) is 45.0 Å². The Morgan fingerprint density at radius 1 is 0.259 bits per heavy atom. The van der Waals surface area contributed by atoms with Crippen molar-refractivity contribution in [2.24, 2.45) is 0 Å². The molecule has 58 heavy (non-hydrogen) atoms. The summed E-state index contributed by atoms with van der Waals surface area (Å²) in [5.41, 5.74) is 12.9. The zero-order valence-electron chi connectivity index (χ0n) is 31.9. The van der Waals surface area contributed by atoms with E-state index in [1.165, 1.54) is 77.7 Å². The van der Waals surface area contributed by atoms with Crippen molar-refractivity contribution in [2.75, 3.05) is 0 Å². The van der Waals surface area contributed by atoms with E-state index in [9.17, 15) is 0 Å². The molecule has 13 rings (SSSR count). The minimum Gasteiger partial charge on any atom is -0.340 e. The number of aromatic nitrogens is 4. The highest BCUT2D eigenvalue weighted by atomic mass is 15.2. The fourth-order valence-electron chi connectivity index (χ4n) is 11.4. The first-order valence-electron chi connectivity index (χ1n) is 20.6.